The summed E-state index contributed by atoms with van der Waals surface area (Å²) in [6, 6.07) is 10.6. The Morgan fingerprint density at radius 3 is 2.27 bits per heavy atom. The number of amides is 1. The van der Waals surface area contributed by atoms with Crippen molar-refractivity contribution in [2.45, 2.75) is 26.2 Å². The molecule has 0 aliphatic heterocycles. The first-order valence-corrected chi connectivity index (χ1v) is 8.63. The predicted molar refractivity (Wildman–Crippen MR) is 103 cm³/mol. The van der Waals surface area contributed by atoms with Gasteiger partial charge in [0.05, 0.1) is 24.9 Å². The van der Waals surface area contributed by atoms with Crippen molar-refractivity contribution in [1.82, 2.24) is 0 Å². The molecule has 0 bridgehead atoms. The molecule has 0 saturated heterocycles. The number of hydrogen-bond acceptors (Lipinski definition) is 4. The van der Waals surface area contributed by atoms with Crippen LogP contribution in [0.4, 0.5) is 5.69 Å². The molecule has 0 heterocycles. The minimum absolute atomic E-state index is 0.0304. The number of Topliss-reactive ketones (excluding diaryl/α,β-unsaturated/α-hetero) is 1. The van der Waals surface area contributed by atoms with Gasteiger partial charge in [-0.15, -0.1) is 0 Å². The van der Waals surface area contributed by atoms with Crippen LogP contribution in [0.25, 0.3) is 0 Å². The summed E-state index contributed by atoms with van der Waals surface area (Å²) >= 11 is 6.09. The van der Waals surface area contributed by atoms with Crippen LogP contribution in [0, 0.1) is 6.92 Å². The average Bonchev–Trinajstić information content (AvgIpc) is 2.62. The van der Waals surface area contributed by atoms with Crippen molar-refractivity contribution in [2.75, 3.05) is 19.5 Å². The Morgan fingerprint density at radius 1 is 1.00 bits per heavy atom. The van der Waals surface area contributed by atoms with Gasteiger partial charge in [-0.05, 0) is 19.4 Å². The number of aryl methyl sites for hydroxylation is 1. The number of ketones is 1. The van der Waals surface area contributed by atoms with Gasteiger partial charge in [0.15, 0.2) is 5.78 Å². The lowest BCUT2D eigenvalue weighted by atomic mass is 10.0. The van der Waals surface area contributed by atoms with E-state index in [9.17, 15) is 9.59 Å². The van der Waals surface area contributed by atoms with Gasteiger partial charge < -0.3 is 14.8 Å². The van der Waals surface area contributed by atoms with Crippen molar-refractivity contribution in [3.63, 3.8) is 0 Å². The Kier molecular flexibility index (Phi) is 7.04. The molecule has 1 N–H and O–H groups in total. The van der Waals surface area contributed by atoms with Crippen LogP contribution in [0.1, 0.15) is 35.2 Å². The molecule has 0 aliphatic carbocycles. The molecule has 5 nitrogen and oxygen atoms in total. The van der Waals surface area contributed by atoms with E-state index >= 15 is 0 Å². The molecule has 0 saturated carbocycles. The molecule has 1 amide bonds. The van der Waals surface area contributed by atoms with Gasteiger partial charge in [0, 0.05) is 24.5 Å². The zero-order valence-corrected chi connectivity index (χ0v) is 15.9. The maximum absolute atomic E-state index is 12.2. The summed E-state index contributed by atoms with van der Waals surface area (Å²) in [7, 11) is 3.00. The SMILES string of the molecule is COc1cc(OC)c(NC(=O)CCCC(=O)c2ccc(C)cc2)cc1Cl. The summed E-state index contributed by atoms with van der Waals surface area (Å²) in [5.41, 5.74) is 2.24. The van der Waals surface area contributed by atoms with E-state index in [-0.39, 0.29) is 18.1 Å². The second kappa shape index (κ2) is 9.25. The van der Waals surface area contributed by atoms with E-state index in [4.69, 9.17) is 21.1 Å². The van der Waals surface area contributed by atoms with Crippen molar-refractivity contribution < 1.29 is 19.1 Å². The van der Waals surface area contributed by atoms with Crippen LogP contribution in [0.2, 0.25) is 5.02 Å². The third-order valence-electron chi connectivity index (χ3n) is 3.93. The molecule has 0 unspecified atom stereocenters. The Balaban J connectivity index is 1.90. The molecule has 138 valence electrons. The Labute approximate surface area is 158 Å². The number of carbonyl (C=O) groups excluding carboxylic acids is 2. The van der Waals surface area contributed by atoms with E-state index < -0.39 is 0 Å². The highest BCUT2D eigenvalue weighted by molar-refractivity contribution is 6.32. The first-order chi connectivity index (χ1) is 12.4. The van der Waals surface area contributed by atoms with Gasteiger partial charge in [0.2, 0.25) is 5.91 Å². The summed E-state index contributed by atoms with van der Waals surface area (Å²) in [6.07, 6.45) is 1.01. The normalized spacial score (nSPS) is 10.3. The second-order valence-electron chi connectivity index (χ2n) is 5.88. The van der Waals surface area contributed by atoms with Gasteiger partial charge in [0.25, 0.3) is 0 Å². The lowest BCUT2D eigenvalue weighted by Gasteiger charge is -2.13. The topological polar surface area (TPSA) is 64.6 Å². The van der Waals surface area contributed by atoms with Crippen LogP contribution in [-0.4, -0.2) is 25.9 Å². The zero-order valence-electron chi connectivity index (χ0n) is 15.1. The van der Waals surface area contributed by atoms with E-state index in [1.54, 1.807) is 12.1 Å². The molecular weight excluding hydrogens is 354 g/mol. The monoisotopic (exact) mass is 375 g/mol. The summed E-state index contributed by atoms with van der Waals surface area (Å²) in [4.78, 5) is 24.3. The van der Waals surface area contributed by atoms with E-state index in [1.165, 1.54) is 14.2 Å². The highest BCUT2D eigenvalue weighted by Crippen LogP contribution is 2.35. The number of benzene rings is 2. The van der Waals surface area contributed by atoms with Gasteiger partial charge >= 0.3 is 0 Å². The van der Waals surface area contributed by atoms with Crippen molar-refractivity contribution in [2.24, 2.45) is 0 Å². The summed E-state index contributed by atoms with van der Waals surface area (Å²) < 4.78 is 10.4. The molecule has 0 atom stereocenters. The maximum atomic E-state index is 12.2. The molecule has 2 rings (SSSR count). The Hall–Kier alpha value is -2.53. The number of rotatable bonds is 8. The summed E-state index contributed by atoms with van der Waals surface area (Å²) in [5, 5.41) is 3.13. The number of anilines is 1. The van der Waals surface area contributed by atoms with Crippen LogP contribution < -0.4 is 14.8 Å². The summed E-state index contributed by atoms with van der Waals surface area (Å²) in [6.45, 7) is 1.97. The highest BCUT2D eigenvalue weighted by atomic mass is 35.5. The molecule has 26 heavy (non-hydrogen) atoms. The van der Waals surface area contributed by atoms with E-state index in [0.29, 0.717) is 40.6 Å². The highest BCUT2D eigenvalue weighted by Gasteiger charge is 2.13. The van der Waals surface area contributed by atoms with Gasteiger partial charge in [-0.1, -0.05) is 41.4 Å². The quantitative estimate of drug-likeness (QED) is 0.681. The van der Waals surface area contributed by atoms with Crippen molar-refractivity contribution >= 4 is 29.0 Å². The number of hydrogen-bond donors (Lipinski definition) is 1. The van der Waals surface area contributed by atoms with E-state index in [1.807, 2.05) is 31.2 Å². The molecule has 0 radical (unpaired) electrons. The first-order valence-electron chi connectivity index (χ1n) is 8.26. The fourth-order valence-corrected chi connectivity index (χ4v) is 2.70. The lowest BCUT2D eigenvalue weighted by molar-refractivity contribution is -0.116. The molecule has 0 aromatic heterocycles. The van der Waals surface area contributed by atoms with E-state index in [2.05, 4.69) is 5.32 Å². The second-order valence-corrected chi connectivity index (χ2v) is 6.29. The Bertz CT molecular complexity index is 787. The van der Waals surface area contributed by atoms with Crippen molar-refractivity contribution in [3.8, 4) is 11.5 Å². The standard InChI is InChI=1S/C20H22ClNO4/c1-13-7-9-14(10-8-13)17(23)5-4-6-20(24)22-16-11-15(21)18(25-2)12-19(16)26-3/h7-12H,4-6H2,1-3H3,(H,22,24). The maximum Gasteiger partial charge on any atom is 0.224 e. The molecule has 0 fully saturated rings. The van der Waals surface area contributed by atoms with Crippen LogP contribution in [0.15, 0.2) is 36.4 Å². The van der Waals surface area contributed by atoms with Gasteiger partial charge in [-0.25, -0.2) is 0 Å². The lowest BCUT2D eigenvalue weighted by Crippen LogP contribution is -2.13. The number of ether oxygens (including phenoxy) is 2. The van der Waals surface area contributed by atoms with Crippen LogP contribution in [-0.2, 0) is 4.79 Å². The largest absolute Gasteiger partial charge is 0.495 e. The van der Waals surface area contributed by atoms with Gasteiger partial charge in [-0.3, -0.25) is 9.59 Å². The number of carbonyl (C=O) groups is 2. The van der Waals surface area contributed by atoms with Crippen molar-refractivity contribution in [3.05, 3.63) is 52.5 Å². The number of halogens is 1. The van der Waals surface area contributed by atoms with Crippen LogP contribution in [0.5, 0.6) is 11.5 Å². The molecule has 0 aliphatic rings. The number of nitrogens with one attached hydrogen (secondary N) is 1. The summed E-state index contributed by atoms with van der Waals surface area (Å²) in [5.74, 6) is 0.740. The van der Waals surface area contributed by atoms with Crippen LogP contribution >= 0.6 is 11.6 Å². The van der Waals surface area contributed by atoms with E-state index in [0.717, 1.165) is 5.56 Å². The minimum atomic E-state index is -0.207. The zero-order chi connectivity index (χ0) is 19.1. The predicted octanol–water partition coefficient (Wildman–Crippen LogP) is 4.66. The van der Waals surface area contributed by atoms with Crippen molar-refractivity contribution in [1.29, 1.82) is 0 Å². The molecule has 6 heteroatoms. The molecule has 2 aromatic rings. The smallest absolute Gasteiger partial charge is 0.224 e. The third-order valence-corrected chi connectivity index (χ3v) is 4.22. The average molecular weight is 376 g/mol. The van der Waals surface area contributed by atoms with Crippen LogP contribution in [0.3, 0.4) is 0 Å². The number of methoxy groups -OCH3 is 2. The fraction of sp³-hybridized carbons (Fsp3) is 0.300. The first kappa shape index (κ1) is 19.8. The minimum Gasteiger partial charge on any atom is -0.495 e. The Morgan fingerprint density at radius 2 is 1.65 bits per heavy atom. The molecular formula is C20H22ClNO4. The van der Waals surface area contributed by atoms with Gasteiger partial charge in [0.1, 0.15) is 11.5 Å². The molecule has 2 aromatic carbocycles. The fourth-order valence-electron chi connectivity index (χ4n) is 2.46. The molecule has 0 spiro atoms. The van der Waals surface area contributed by atoms with Gasteiger partial charge in [-0.2, -0.15) is 0 Å². The third kappa shape index (κ3) is 5.23.